The average molecular weight is 385 g/mol. The van der Waals surface area contributed by atoms with E-state index in [9.17, 15) is 9.59 Å². The van der Waals surface area contributed by atoms with E-state index in [2.05, 4.69) is 32.0 Å². The van der Waals surface area contributed by atoms with Crippen LogP contribution in [0.3, 0.4) is 0 Å². The highest BCUT2D eigenvalue weighted by Crippen LogP contribution is 2.29. The van der Waals surface area contributed by atoms with Gasteiger partial charge in [-0.1, -0.05) is 18.2 Å². The molecule has 2 amide bonds. The first-order chi connectivity index (χ1) is 12.9. The molecule has 2 aromatic rings. The molecule has 1 aliphatic rings. The second kappa shape index (κ2) is 8.26. The minimum atomic E-state index is -0.148. The smallest absolute Gasteiger partial charge is 0.263 e. The highest BCUT2D eigenvalue weighted by Gasteiger charge is 2.33. The van der Waals surface area contributed by atoms with Crippen molar-refractivity contribution in [2.24, 2.45) is 5.92 Å². The van der Waals surface area contributed by atoms with E-state index in [-0.39, 0.29) is 23.8 Å². The van der Waals surface area contributed by atoms with Crippen LogP contribution in [0.5, 0.6) is 0 Å². The Labute approximate surface area is 165 Å². The van der Waals surface area contributed by atoms with Gasteiger partial charge in [0.25, 0.3) is 5.91 Å². The van der Waals surface area contributed by atoms with Gasteiger partial charge < -0.3 is 9.80 Å². The van der Waals surface area contributed by atoms with E-state index in [0.29, 0.717) is 6.54 Å². The van der Waals surface area contributed by atoms with E-state index >= 15 is 0 Å². The Morgan fingerprint density at radius 2 is 2.00 bits per heavy atom. The number of anilines is 1. The topological polar surface area (TPSA) is 40.6 Å². The number of carbonyl (C=O) groups excluding carboxylic acids is 2. The molecule has 1 aromatic carbocycles. The zero-order valence-electron chi connectivity index (χ0n) is 16.6. The minimum Gasteiger partial charge on any atom is -0.337 e. The molecule has 5 heteroatoms. The van der Waals surface area contributed by atoms with Gasteiger partial charge in [-0.25, -0.2) is 0 Å². The Kier molecular flexibility index (Phi) is 6.00. The van der Waals surface area contributed by atoms with Crippen molar-refractivity contribution in [2.75, 3.05) is 18.0 Å². The largest absolute Gasteiger partial charge is 0.337 e. The third-order valence-electron chi connectivity index (χ3n) is 5.17. The molecule has 0 saturated carbocycles. The molecule has 4 nitrogen and oxygen atoms in total. The lowest BCUT2D eigenvalue weighted by molar-refractivity contribution is -0.124. The van der Waals surface area contributed by atoms with Gasteiger partial charge >= 0.3 is 0 Å². The highest BCUT2D eigenvalue weighted by molar-refractivity contribution is 7.12. The van der Waals surface area contributed by atoms with Gasteiger partial charge in [0.2, 0.25) is 5.91 Å². The number of piperidine rings is 1. The van der Waals surface area contributed by atoms with Gasteiger partial charge in [-0.3, -0.25) is 9.59 Å². The summed E-state index contributed by atoms with van der Waals surface area (Å²) in [4.78, 5) is 30.7. The minimum absolute atomic E-state index is 0.0466. The number of rotatable bonds is 4. The van der Waals surface area contributed by atoms with Crippen molar-refractivity contribution in [3.05, 3.63) is 51.7 Å². The SMILES string of the molecule is Cc1ccc(C)c(N(C(=O)[C@@H]2CCCN(C(=O)c3cccs3)C2)C(C)C)c1. The average Bonchev–Trinajstić information content (AvgIpc) is 3.18. The van der Waals surface area contributed by atoms with E-state index in [1.807, 2.05) is 41.2 Å². The summed E-state index contributed by atoms with van der Waals surface area (Å²) in [5, 5.41) is 1.92. The summed E-state index contributed by atoms with van der Waals surface area (Å²) < 4.78 is 0. The fourth-order valence-corrected chi connectivity index (χ4v) is 4.44. The van der Waals surface area contributed by atoms with E-state index < -0.39 is 0 Å². The monoisotopic (exact) mass is 384 g/mol. The van der Waals surface area contributed by atoms with Crippen molar-refractivity contribution in [1.82, 2.24) is 4.90 Å². The predicted octanol–water partition coefficient (Wildman–Crippen LogP) is 4.66. The summed E-state index contributed by atoms with van der Waals surface area (Å²) in [7, 11) is 0. The molecule has 1 aliphatic heterocycles. The van der Waals surface area contributed by atoms with Crippen molar-refractivity contribution in [2.45, 2.75) is 46.6 Å². The fraction of sp³-hybridized carbons (Fsp3) is 0.455. The normalized spacial score (nSPS) is 17.2. The van der Waals surface area contributed by atoms with Gasteiger partial charge in [0.1, 0.15) is 0 Å². The van der Waals surface area contributed by atoms with Crippen LogP contribution in [0, 0.1) is 19.8 Å². The van der Waals surface area contributed by atoms with Gasteiger partial charge in [-0.2, -0.15) is 0 Å². The van der Waals surface area contributed by atoms with Gasteiger partial charge in [0, 0.05) is 24.8 Å². The first-order valence-corrected chi connectivity index (χ1v) is 10.5. The van der Waals surface area contributed by atoms with Crippen molar-refractivity contribution in [1.29, 1.82) is 0 Å². The molecule has 2 heterocycles. The van der Waals surface area contributed by atoms with Gasteiger partial charge in [-0.15, -0.1) is 11.3 Å². The van der Waals surface area contributed by atoms with Crippen molar-refractivity contribution >= 4 is 28.8 Å². The third kappa shape index (κ3) is 4.24. The standard InChI is InChI=1S/C22H28N2O2S/c1-15(2)24(19-13-16(3)9-10-17(19)4)21(25)18-7-5-11-23(14-18)22(26)20-8-6-12-27-20/h6,8-10,12-13,15,18H,5,7,11,14H2,1-4H3/t18-/m1/s1. The molecule has 3 rings (SSSR count). The number of amides is 2. The molecule has 0 N–H and O–H groups in total. The maximum Gasteiger partial charge on any atom is 0.263 e. The van der Waals surface area contributed by atoms with Crippen molar-refractivity contribution in [3.63, 3.8) is 0 Å². The maximum absolute atomic E-state index is 13.4. The lowest BCUT2D eigenvalue weighted by atomic mass is 9.95. The van der Waals surface area contributed by atoms with Crippen LogP contribution in [-0.4, -0.2) is 35.8 Å². The van der Waals surface area contributed by atoms with Crippen LogP contribution in [-0.2, 0) is 4.79 Å². The van der Waals surface area contributed by atoms with Crippen LogP contribution in [0.4, 0.5) is 5.69 Å². The Bertz CT molecular complexity index is 814. The Morgan fingerprint density at radius 3 is 2.67 bits per heavy atom. The number of hydrogen-bond acceptors (Lipinski definition) is 3. The maximum atomic E-state index is 13.4. The fourth-order valence-electron chi connectivity index (χ4n) is 3.75. The first kappa shape index (κ1) is 19.6. The van der Waals surface area contributed by atoms with Crippen LogP contribution in [0.1, 0.15) is 47.5 Å². The number of hydrogen-bond donors (Lipinski definition) is 0. The molecule has 27 heavy (non-hydrogen) atoms. The lowest BCUT2D eigenvalue weighted by Gasteiger charge is -2.37. The summed E-state index contributed by atoms with van der Waals surface area (Å²) in [6.45, 7) is 9.43. The molecular formula is C22H28N2O2S. The van der Waals surface area contributed by atoms with Crippen LogP contribution in [0.2, 0.25) is 0 Å². The number of aryl methyl sites for hydroxylation is 2. The summed E-state index contributed by atoms with van der Waals surface area (Å²) >= 11 is 1.46. The van der Waals surface area contributed by atoms with Crippen LogP contribution >= 0.6 is 11.3 Å². The van der Waals surface area contributed by atoms with Crippen molar-refractivity contribution in [3.8, 4) is 0 Å². The second-order valence-electron chi connectivity index (χ2n) is 7.66. The van der Waals surface area contributed by atoms with Crippen LogP contribution in [0.15, 0.2) is 35.7 Å². The zero-order valence-corrected chi connectivity index (χ0v) is 17.4. The summed E-state index contributed by atoms with van der Waals surface area (Å²) in [5.74, 6) is 0.0256. The van der Waals surface area contributed by atoms with Crippen LogP contribution in [0.25, 0.3) is 0 Å². The number of carbonyl (C=O) groups is 2. The molecule has 1 fully saturated rings. The Morgan fingerprint density at radius 1 is 1.22 bits per heavy atom. The van der Waals surface area contributed by atoms with E-state index in [1.165, 1.54) is 11.3 Å². The molecule has 0 bridgehead atoms. The molecular weight excluding hydrogens is 356 g/mol. The number of benzene rings is 1. The molecule has 0 aliphatic carbocycles. The third-order valence-corrected chi connectivity index (χ3v) is 6.03. The quantitative estimate of drug-likeness (QED) is 0.769. The summed E-state index contributed by atoms with van der Waals surface area (Å²) in [5.41, 5.74) is 3.23. The predicted molar refractivity (Wildman–Crippen MR) is 111 cm³/mol. The molecule has 1 saturated heterocycles. The van der Waals surface area contributed by atoms with Gasteiger partial charge in [-0.05, 0) is 69.2 Å². The second-order valence-corrected chi connectivity index (χ2v) is 8.61. The van der Waals surface area contributed by atoms with E-state index in [1.54, 1.807) is 0 Å². The highest BCUT2D eigenvalue weighted by atomic mass is 32.1. The number of nitrogens with zero attached hydrogens (tertiary/aromatic N) is 2. The van der Waals surface area contributed by atoms with Gasteiger partial charge in [0.05, 0.1) is 10.8 Å². The molecule has 1 atom stereocenters. The Balaban J connectivity index is 1.81. The number of likely N-dealkylation sites (tertiary alicyclic amines) is 1. The molecule has 1 aromatic heterocycles. The van der Waals surface area contributed by atoms with Gasteiger partial charge in [0.15, 0.2) is 0 Å². The summed E-state index contributed by atoms with van der Waals surface area (Å²) in [6.07, 6.45) is 1.70. The molecule has 0 unspecified atom stereocenters. The van der Waals surface area contributed by atoms with E-state index in [4.69, 9.17) is 0 Å². The molecule has 0 spiro atoms. The zero-order chi connectivity index (χ0) is 19.6. The summed E-state index contributed by atoms with van der Waals surface area (Å²) in [6, 6.07) is 10.1. The molecule has 144 valence electrons. The van der Waals surface area contributed by atoms with Crippen LogP contribution < -0.4 is 4.90 Å². The number of thiophene rings is 1. The van der Waals surface area contributed by atoms with E-state index in [0.717, 1.165) is 41.1 Å². The first-order valence-electron chi connectivity index (χ1n) is 9.61. The van der Waals surface area contributed by atoms with Crippen molar-refractivity contribution < 1.29 is 9.59 Å². The lowest BCUT2D eigenvalue weighted by Crippen LogP contribution is -2.48. The Hall–Kier alpha value is -2.14. The molecule has 0 radical (unpaired) electrons.